The van der Waals surface area contributed by atoms with E-state index in [2.05, 4.69) is 0 Å². The van der Waals surface area contributed by atoms with Crippen molar-refractivity contribution in [2.45, 2.75) is 46.2 Å². The standard InChI is InChI=1S/C15H22FNO2/c1-10-6-7-12(8-13(10)16)11(2)17(9-14(18)19)15(3,4)5/h6-8,11H,9H2,1-5H3,(H,18,19). The van der Waals surface area contributed by atoms with Crippen LogP contribution in [0.1, 0.15) is 44.9 Å². The fourth-order valence-electron chi connectivity index (χ4n) is 2.15. The maximum Gasteiger partial charge on any atom is 0.317 e. The number of rotatable bonds is 4. The van der Waals surface area contributed by atoms with E-state index in [0.717, 1.165) is 5.56 Å². The summed E-state index contributed by atoms with van der Waals surface area (Å²) >= 11 is 0. The van der Waals surface area contributed by atoms with Crippen LogP contribution in [-0.4, -0.2) is 28.1 Å². The zero-order valence-electron chi connectivity index (χ0n) is 12.2. The predicted octanol–water partition coefficient (Wildman–Crippen LogP) is 3.38. The first-order valence-electron chi connectivity index (χ1n) is 6.37. The molecule has 0 spiro atoms. The average molecular weight is 267 g/mol. The zero-order valence-corrected chi connectivity index (χ0v) is 12.2. The van der Waals surface area contributed by atoms with Crippen molar-refractivity contribution >= 4 is 5.97 Å². The molecular weight excluding hydrogens is 245 g/mol. The molecule has 1 rings (SSSR count). The molecule has 0 saturated heterocycles. The normalized spacial score (nSPS) is 13.6. The monoisotopic (exact) mass is 267 g/mol. The maximum atomic E-state index is 13.6. The summed E-state index contributed by atoms with van der Waals surface area (Å²) in [6, 6.07) is 4.90. The number of hydrogen-bond donors (Lipinski definition) is 1. The van der Waals surface area contributed by atoms with Gasteiger partial charge in [0.2, 0.25) is 0 Å². The third kappa shape index (κ3) is 4.03. The second-order valence-electron chi connectivity index (χ2n) is 5.88. The van der Waals surface area contributed by atoms with Crippen LogP contribution in [0, 0.1) is 12.7 Å². The van der Waals surface area contributed by atoms with Gasteiger partial charge >= 0.3 is 5.97 Å². The third-order valence-electron chi connectivity index (χ3n) is 3.31. The molecule has 0 bridgehead atoms. The Kier molecular flexibility index (Phi) is 4.69. The van der Waals surface area contributed by atoms with Crippen molar-refractivity contribution in [2.75, 3.05) is 6.54 Å². The fraction of sp³-hybridized carbons (Fsp3) is 0.533. The van der Waals surface area contributed by atoms with Gasteiger partial charge in [0.05, 0.1) is 6.54 Å². The fourth-order valence-corrected chi connectivity index (χ4v) is 2.15. The number of hydrogen-bond acceptors (Lipinski definition) is 2. The van der Waals surface area contributed by atoms with Gasteiger partial charge in [0.1, 0.15) is 5.82 Å². The van der Waals surface area contributed by atoms with E-state index in [9.17, 15) is 9.18 Å². The first-order chi connectivity index (χ1) is 8.62. The van der Waals surface area contributed by atoms with Crippen LogP contribution in [-0.2, 0) is 4.79 Å². The molecule has 0 aliphatic heterocycles. The van der Waals surface area contributed by atoms with Gasteiger partial charge in [0.25, 0.3) is 0 Å². The van der Waals surface area contributed by atoms with E-state index < -0.39 is 5.97 Å². The second-order valence-corrected chi connectivity index (χ2v) is 5.88. The molecule has 3 nitrogen and oxygen atoms in total. The van der Waals surface area contributed by atoms with Crippen LogP contribution < -0.4 is 0 Å². The highest BCUT2D eigenvalue weighted by atomic mass is 19.1. The smallest absolute Gasteiger partial charge is 0.317 e. The number of halogens is 1. The van der Waals surface area contributed by atoms with Crippen molar-refractivity contribution in [1.29, 1.82) is 0 Å². The maximum absolute atomic E-state index is 13.6. The lowest BCUT2D eigenvalue weighted by Gasteiger charge is -2.39. The minimum atomic E-state index is -0.880. The molecule has 1 N–H and O–H groups in total. The van der Waals surface area contributed by atoms with Crippen molar-refractivity contribution in [3.05, 3.63) is 35.1 Å². The van der Waals surface area contributed by atoms with Gasteiger partial charge in [0, 0.05) is 11.6 Å². The SMILES string of the molecule is Cc1ccc(C(C)N(CC(=O)O)C(C)(C)C)cc1F. The van der Waals surface area contributed by atoms with Crippen LogP contribution in [0.2, 0.25) is 0 Å². The molecule has 1 aromatic carbocycles. The van der Waals surface area contributed by atoms with E-state index in [-0.39, 0.29) is 23.9 Å². The molecule has 0 aromatic heterocycles. The van der Waals surface area contributed by atoms with Crippen molar-refractivity contribution in [3.63, 3.8) is 0 Å². The van der Waals surface area contributed by atoms with E-state index in [0.29, 0.717) is 5.56 Å². The summed E-state index contributed by atoms with van der Waals surface area (Å²) < 4.78 is 13.6. The minimum Gasteiger partial charge on any atom is -0.480 e. The predicted molar refractivity (Wildman–Crippen MR) is 73.6 cm³/mol. The van der Waals surface area contributed by atoms with Gasteiger partial charge in [-0.3, -0.25) is 9.69 Å². The molecule has 0 amide bonds. The minimum absolute atomic E-state index is 0.0693. The molecule has 0 saturated carbocycles. The third-order valence-corrected chi connectivity index (χ3v) is 3.31. The van der Waals surface area contributed by atoms with Gasteiger partial charge in [-0.2, -0.15) is 0 Å². The van der Waals surface area contributed by atoms with Crippen molar-refractivity contribution in [3.8, 4) is 0 Å². The quantitative estimate of drug-likeness (QED) is 0.909. The number of nitrogens with zero attached hydrogens (tertiary/aromatic N) is 1. The molecule has 1 aromatic rings. The van der Waals surface area contributed by atoms with Gasteiger partial charge in [-0.25, -0.2) is 4.39 Å². The topological polar surface area (TPSA) is 40.5 Å². The number of aryl methyl sites for hydroxylation is 1. The van der Waals surface area contributed by atoms with Crippen molar-refractivity contribution in [1.82, 2.24) is 4.90 Å². The van der Waals surface area contributed by atoms with Crippen LogP contribution in [0.25, 0.3) is 0 Å². The van der Waals surface area contributed by atoms with Crippen molar-refractivity contribution < 1.29 is 14.3 Å². The lowest BCUT2D eigenvalue weighted by atomic mass is 9.98. The highest BCUT2D eigenvalue weighted by molar-refractivity contribution is 5.69. The lowest BCUT2D eigenvalue weighted by molar-refractivity contribution is -0.140. The molecule has 0 fully saturated rings. The Morgan fingerprint density at radius 3 is 2.42 bits per heavy atom. The van der Waals surface area contributed by atoms with Gasteiger partial charge < -0.3 is 5.11 Å². The van der Waals surface area contributed by atoms with Crippen LogP contribution in [0.4, 0.5) is 4.39 Å². The Balaban J connectivity index is 3.08. The molecule has 1 atom stereocenters. The Hall–Kier alpha value is -1.42. The van der Waals surface area contributed by atoms with E-state index in [4.69, 9.17) is 5.11 Å². The van der Waals surface area contributed by atoms with Gasteiger partial charge in [0.15, 0.2) is 0 Å². The molecule has 4 heteroatoms. The molecule has 0 heterocycles. The Morgan fingerprint density at radius 1 is 1.42 bits per heavy atom. The van der Waals surface area contributed by atoms with E-state index in [1.54, 1.807) is 13.0 Å². The molecule has 0 aliphatic carbocycles. The summed E-state index contributed by atoms with van der Waals surface area (Å²) in [5.74, 6) is -1.14. The van der Waals surface area contributed by atoms with E-state index in [1.165, 1.54) is 6.07 Å². The summed E-state index contributed by atoms with van der Waals surface area (Å²) in [5, 5.41) is 9.03. The molecule has 1 unspecified atom stereocenters. The lowest BCUT2D eigenvalue weighted by Crippen LogP contribution is -2.45. The van der Waals surface area contributed by atoms with Gasteiger partial charge in [-0.15, -0.1) is 0 Å². The first kappa shape index (κ1) is 15.6. The number of aliphatic carboxylic acids is 1. The number of carbonyl (C=O) groups is 1. The summed E-state index contributed by atoms with van der Waals surface area (Å²) in [6.07, 6.45) is 0. The number of carboxylic acids is 1. The summed E-state index contributed by atoms with van der Waals surface area (Å²) in [5.41, 5.74) is 1.08. The molecule has 19 heavy (non-hydrogen) atoms. The largest absolute Gasteiger partial charge is 0.480 e. The average Bonchev–Trinajstić information content (AvgIpc) is 2.27. The van der Waals surface area contributed by atoms with Gasteiger partial charge in [-0.1, -0.05) is 12.1 Å². The van der Waals surface area contributed by atoms with E-state index >= 15 is 0 Å². The molecular formula is C15H22FNO2. The highest BCUT2D eigenvalue weighted by Gasteiger charge is 2.29. The zero-order chi connectivity index (χ0) is 14.8. The van der Waals surface area contributed by atoms with Crippen LogP contribution in [0.3, 0.4) is 0 Å². The Bertz CT molecular complexity index is 466. The van der Waals surface area contributed by atoms with Crippen LogP contribution in [0.15, 0.2) is 18.2 Å². The first-order valence-corrected chi connectivity index (χ1v) is 6.37. The molecule has 106 valence electrons. The summed E-state index contributed by atoms with van der Waals surface area (Å²) in [4.78, 5) is 12.8. The molecule has 0 radical (unpaired) electrons. The second kappa shape index (κ2) is 5.70. The Labute approximate surface area is 114 Å². The van der Waals surface area contributed by atoms with Crippen molar-refractivity contribution in [2.24, 2.45) is 0 Å². The Morgan fingerprint density at radius 2 is 2.00 bits per heavy atom. The number of benzene rings is 1. The van der Waals surface area contributed by atoms with Gasteiger partial charge in [-0.05, 0) is 51.8 Å². The summed E-state index contributed by atoms with van der Waals surface area (Å²) in [7, 11) is 0. The highest BCUT2D eigenvalue weighted by Crippen LogP contribution is 2.28. The van der Waals surface area contributed by atoms with Crippen LogP contribution >= 0.6 is 0 Å². The number of carboxylic acid groups (broad SMARTS) is 1. The summed E-state index contributed by atoms with van der Waals surface area (Å²) in [6.45, 7) is 9.41. The molecule has 0 aliphatic rings. The van der Waals surface area contributed by atoms with Crippen LogP contribution in [0.5, 0.6) is 0 Å². The van der Waals surface area contributed by atoms with E-state index in [1.807, 2.05) is 38.7 Å².